The summed E-state index contributed by atoms with van der Waals surface area (Å²) < 4.78 is 14.8. The van der Waals surface area contributed by atoms with Gasteiger partial charge in [-0.3, -0.25) is 0 Å². The van der Waals surface area contributed by atoms with Crippen molar-refractivity contribution in [2.45, 2.75) is 52.0 Å². The molecule has 4 rings (SSSR count). The van der Waals surface area contributed by atoms with E-state index in [1.165, 1.54) is 38.5 Å². The van der Waals surface area contributed by atoms with Crippen molar-refractivity contribution >= 4 is 11.0 Å². The van der Waals surface area contributed by atoms with Crippen LogP contribution in [0.25, 0.3) is 22.2 Å². The van der Waals surface area contributed by atoms with E-state index in [1.807, 2.05) is 31.2 Å². The van der Waals surface area contributed by atoms with E-state index >= 15 is 0 Å². The highest BCUT2D eigenvalue weighted by Crippen LogP contribution is 2.30. The summed E-state index contributed by atoms with van der Waals surface area (Å²) in [6.07, 6.45) is 9.86. The van der Waals surface area contributed by atoms with Crippen LogP contribution in [0.4, 0.5) is 4.39 Å². The van der Waals surface area contributed by atoms with Gasteiger partial charge in [-0.1, -0.05) is 50.3 Å². The predicted molar refractivity (Wildman–Crippen MR) is 109 cm³/mol. The Morgan fingerprint density at radius 3 is 2.74 bits per heavy atom. The molecule has 2 N–H and O–H groups in total. The molecule has 0 aliphatic heterocycles. The summed E-state index contributed by atoms with van der Waals surface area (Å²) in [5.41, 5.74) is 5.44. The van der Waals surface area contributed by atoms with Crippen LogP contribution >= 0.6 is 0 Å². The number of aromatic nitrogens is 2. The van der Waals surface area contributed by atoms with Crippen LogP contribution in [0, 0.1) is 18.7 Å². The molecule has 1 heterocycles. The van der Waals surface area contributed by atoms with Crippen LogP contribution in [0.15, 0.2) is 36.7 Å². The third kappa shape index (κ3) is 4.06. The summed E-state index contributed by atoms with van der Waals surface area (Å²) in [6.45, 7) is 3.74. The Morgan fingerprint density at radius 1 is 1.11 bits per heavy atom. The lowest BCUT2D eigenvalue weighted by molar-refractivity contribution is 0.334. The maximum Gasteiger partial charge on any atom is 0.131 e. The fourth-order valence-electron chi connectivity index (χ4n) is 4.34. The Bertz CT molecular complexity index is 909. The number of nitrogens with one attached hydrogen (secondary N) is 2. The Labute approximate surface area is 160 Å². The van der Waals surface area contributed by atoms with Crippen molar-refractivity contribution in [3.63, 3.8) is 0 Å². The van der Waals surface area contributed by atoms with E-state index in [0.717, 1.165) is 46.7 Å². The van der Waals surface area contributed by atoms with Gasteiger partial charge in [0.25, 0.3) is 0 Å². The summed E-state index contributed by atoms with van der Waals surface area (Å²) in [4.78, 5) is 7.45. The van der Waals surface area contributed by atoms with Gasteiger partial charge in [-0.05, 0) is 54.6 Å². The van der Waals surface area contributed by atoms with Crippen molar-refractivity contribution in [2.24, 2.45) is 5.92 Å². The lowest BCUT2D eigenvalue weighted by atomic mass is 9.87. The molecule has 3 aromatic rings. The molecule has 0 amide bonds. The number of rotatable bonds is 6. The van der Waals surface area contributed by atoms with E-state index < -0.39 is 0 Å². The van der Waals surface area contributed by atoms with Crippen LogP contribution < -0.4 is 5.32 Å². The summed E-state index contributed by atoms with van der Waals surface area (Å²) in [7, 11) is 0. The number of halogens is 1. The van der Waals surface area contributed by atoms with Crippen molar-refractivity contribution in [3.05, 3.63) is 53.6 Å². The van der Waals surface area contributed by atoms with Gasteiger partial charge in [0.05, 0.1) is 17.4 Å². The second-order valence-corrected chi connectivity index (χ2v) is 7.82. The van der Waals surface area contributed by atoms with Crippen molar-refractivity contribution < 1.29 is 4.39 Å². The molecule has 2 aromatic carbocycles. The highest BCUT2D eigenvalue weighted by Gasteiger charge is 2.14. The van der Waals surface area contributed by atoms with Crippen LogP contribution in [0.1, 0.15) is 49.7 Å². The average Bonchev–Trinajstić information content (AvgIpc) is 3.17. The molecule has 4 heteroatoms. The first kappa shape index (κ1) is 18.2. The lowest BCUT2D eigenvalue weighted by Gasteiger charge is -2.21. The Morgan fingerprint density at radius 2 is 1.93 bits per heavy atom. The number of H-pyrrole nitrogens is 1. The van der Waals surface area contributed by atoms with Crippen molar-refractivity contribution in [2.75, 3.05) is 6.54 Å². The maximum atomic E-state index is 14.8. The zero-order valence-corrected chi connectivity index (χ0v) is 16.0. The minimum absolute atomic E-state index is 0.167. The molecular formula is C23H28FN3. The second kappa shape index (κ2) is 8.22. The zero-order valence-electron chi connectivity index (χ0n) is 16.0. The van der Waals surface area contributed by atoms with Gasteiger partial charge < -0.3 is 10.3 Å². The SMILES string of the molecule is Cc1c(-c2ccc(CNCCC3CCCCC3)cc2F)ccc2[nH]cnc12. The molecule has 0 bridgehead atoms. The van der Waals surface area contributed by atoms with E-state index in [9.17, 15) is 4.39 Å². The predicted octanol–water partition coefficient (Wildman–Crippen LogP) is 5.74. The van der Waals surface area contributed by atoms with E-state index in [-0.39, 0.29) is 5.82 Å². The number of imidazole rings is 1. The van der Waals surface area contributed by atoms with Gasteiger partial charge in [0.15, 0.2) is 0 Å². The third-order valence-corrected chi connectivity index (χ3v) is 5.95. The first-order chi connectivity index (χ1) is 13.2. The third-order valence-electron chi connectivity index (χ3n) is 5.95. The summed E-state index contributed by atoms with van der Waals surface area (Å²) in [6, 6.07) is 9.52. The normalized spacial score (nSPS) is 15.5. The zero-order chi connectivity index (χ0) is 18.6. The monoisotopic (exact) mass is 365 g/mol. The molecule has 0 atom stereocenters. The Hall–Kier alpha value is -2.20. The van der Waals surface area contributed by atoms with Crippen LogP contribution in [-0.4, -0.2) is 16.5 Å². The average molecular weight is 365 g/mol. The number of nitrogens with zero attached hydrogens (tertiary/aromatic N) is 1. The van der Waals surface area contributed by atoms with E-state index in [1.54, 1.807) is 12.4 Å². The number of aryl methyl sites for hydroxylation is 1. The highest BCUT2D eigenvalue weighted by atomic mass is 19.1. The molecule has 27 heavy (non-hydrogen) atoms. The summed E-state index contributed by atoms with van der Waals surface area (Å²) in [5.74, 6) is 0.713. The molecule has 1 aliphatic carbocycles. The number of hydrogen-bond donors (Lipinski definition) is 2. The van der Waals surface area contributed by atoms with Crippen LogP contribution in [0.3, 0.4) is 0 Å². The maximum absolute atomic E-state index is 14.8. The first-order valence-corrected chi connectivity index (χ1v) is 10.1. The van der Waals surface area contributed by atoms with Crippen LogP contribution in [0.2, 0.25) is 0 Å². The fourth-order valence-corrected chi connectivity index (χ4v) is 4.34. The Kier molecular flexibility index (Phi) is 5.53. The topological polar surface area (TPSA) is 40.7 Å². The molecule has 0 saturated heterocycles. The van der Waals surface area contributed by atoms with Crippen molar-refractivity contribution in [1.82, 2.24) is 15.3 Å². The van der Waals surface area contributed by atoms with Crippen LogP contribution in [-0.2, 0) is 6.54 Å². The van der Waals surface area contributed by atoms with Crippen LogP contribution in [0.5, 0.6) is 0 Å². The summed E-state index contributed by atoms with van der Waals surface area (Å²) >= 11 is 0. The molecule has 0 unspecified atom stereocenters. The number of fused-ring (bicyclic) bond motifs is 1. The largest absolute Gasteiger partial charge is 0.345 e. The molecule has 0 spiro atoms. The van der Waals surface area contributed by atoms with Crippen molar-refractivity contribution in [3.8, 4) is 11.1 Å². The van der Waals surface area contributed by atoms with E-state index in [0.29, 0.717) is 5.56 Å². The molecule has 0 radical (unpaired) electrons. The molecule has 1 saturated carbocycles. The lowest BCUT2D eigenvalue weighted by Crippen LogP contribution is -2.19. The quantitative estimate of drug-likeness (QED) is 0.547. The highest BCUT2D eigenvalue weighted by molar-refractivity contribution is 5.86. The number of hydrogen-bond acceptors (Lipinski definition) is 2. The van der Waals surface area contributed by atoms with Gasteiger partial charge in [-0.2, -0.15) is 0 Å². The second-order valence-electron chi connectivity index (χ2n) is 7.82. The van der Waals surface area contributed by atoms with Gasteiger partial charge >= 0.3 is 0 Å². The molecule has 1 aliphatic rings. The minimum Gasteiger partial charge on any atom is -0.345 e. The first-order valence-electron chi connectivity index (χ1n) is 10.1. The smallest absolute Gasteiger partial charge is 0.131 e. The number of benzene rings is 2. The number of aromatic amines is 1. The summed E-state index contributed by atoms with van der Waals surface area (Å²) in [5, 5.41) is 3.49. The van der Waals surface area contributed by atoms with Gasteiger partial charge in [0.2, 0.25) is 0 Å². The van der Waals surface area contributed by atoms with Gasteiger partial charge in [0, 0.05) is 12.1 Å². The molecular weight excluding hydrogens is 337 g/mol. The van der Waals surface area contributed by atoms with E-state index in [4.69, 9.17) is 0 Å². The minimum atomic E-state index is -0.167. The molecule has 1 aromatic heterocycles. The van der Waals surface area contributed by atoms with Gasteiger partial charge in [-0.25, -0.2) is 9.37 Å². The fraction of sp³-hybridized carbons (Fsp3) is 0.435. The van der Waals surface area contributed by atoms with Gasteiger partial charge in [0.1, 0.15) is 5.82 Å². The molecule has 3 nitrogen and oxygen atoms in total. The van der Waals surface area contributed by atoms with Crippen molar-refractivity contribution in [1.29, 1.82) is 0 Å². The molecule has 142 valence electrons. The van der Waals surface area contributed by atoms with Gasteiger partial charge in [-0.15, -0.1) is 0 Å². The molecule has 1 fully saturated rings. The Balaban J connectivity index is 1.40. The standard InChI is InChI=1S/C23H28FN3/c1-16-19(9-10-22-23(16)27-15-26-22)20-8-7-18(13-21(20)24)14-25-12-11-17-5-3-2-4-6-17/h7-10,13,15,17,25H,2-6,11-12,14H2,1H3,(H,26,27). The van der Waals surface area contributed by atoms with E-state index in [2.05, 4.69) is 15.3 Å².